The van der Waals surface area contributed by atoms with Gasteiger partial charge in [0, 0.05) is 42.9 Å². The molecule has 0 aromatic carbocycles. The van der Waals surface area contributed by atoms with Crippen LogP contribution in [0, 0.1) is 5.92 Å². The minimum absolute atomic E-state index is 0.152. The highest BCUT2D eigenvalue weighted by molar-refractivity contribution is 7.15. The van der Waals surface area contributed by atoms with Crippen molar-refractivity contribution in [1.82, 2.24) is 9.47 Å². The van der Waals surface area contributed by atoms with E-state index in [2.05, 4.69) is 4.57 Å². The summed E-state index contributed by atoms with van der Waals surface area (Å²) in [4.78, 5) is 16.4. The van der Waals surface area contributed by atoms with Crippen LogP contribution >= 0.6 is 11.3 Å². The average Bonchev–Trinajstić information content (AvgIpc) is 3.26. The van der Waals surface area contributed by atoms with E-state index in [1.165, 1.54) is 10.4 Å². The third-order valence-corrected chi connectivity index (χ3v) is 6.09. The Morgan fingerprint density at radius 3 is 2.86 bits per heavy atom. The summed E-state index contributed by atoms with van der Waals surface area (Å²) in [5.41, 5.74) is 2.18. The normalized spacial score (nSPS) is 20.6. The molecular weight excluding hydrogens is 296 g/mol. The van der Waals surface area contributed by atoms with Gasteiger partial charge in [-0.15, -0.1) is 11.3 Å². The van der Waals surface area contributed by atoms with Gasteiger partial charge in [-0.05, 0) is 43.4 Å². The number of fused-ring (bicyclic) bond motifs is 1. The number of amides is 1. The SMILES string of the molecule is O=C(c1c(-n2cccc2)sc2c1CCC2)N1CCC(CO)C1. The number of carbonyl (C=O) groups is 1. The van der Waals surface area contributed by atoms with Gasteiger partial charge in [0.05, 0.1) is 5.56 Å². The Bertz CT molecular complexity index is 690. The summed E-state index contributed by atoms with van der Waals surface area (Å²) in [5.74, 6) is 0.393. The Balaban J connectivity index is 1.73. The fourth-order valence-corrected chi connectivity index (χ4v) is 4.93. The van der Waals surface area contributed by atoms with Crippen LogP contribution in [0.2, 0.25) is 0 Å². The summed E-state index contributed by atoms with van der Waals surface area (Å²) in [6.07, 6.45) is 8.21. The van der Waals surface area contributed by atoms with Crippen LogP contribution in [0.5, 0.6) is 0 Å². The van der Waals surface area contributed by atoms with Crippen molar-refractivity contribution in [2.45, 2.75) is 25.7 Å². The van der Waals surface area contributed by atoms with Gasteiger partial charge in [-0.25, -0.2) is 0 Å². The van der Waals surface area contributed by atoms with Gasteiger partial charge < -0.3 is 14.6 Å². The van der Waals surface area contributed by atoms with E-state index in [1.807, 2.05) is 29.4 Å². The van der Waals surface area contributed by atoms with Crippen molar-refractivity contribution in [2.75, 3.05) is 19.7 Å². The molecule has 0 bridgehead atoms. The number of likely N-dealkylation sites (tertiary alicyclic amines) is 1. The molecule has 4 rings (SSSR count). The van der Waals surface area contributed by atoms with E-state index in [-0.39, 0.29) is 18.4 Å². The zero-order chi connectivity index (χ0) is 15.1. The Kier molecular flexibility index (Phi) is 3.54. The maximum atomic E-state index is 13.1. The summed E-state index contributed by atoms with van der Waals surface area (Å²) >= 11 is 1.77. The van der Waals surface area contributed by atoms with Gasteiger partial charge in [0.25, 0.3) is 5.91 Å². The van der Waals surface area contributed by atoms with Gasteiger partial charge >= 0.3 is 0 Å². The molecule has 1 N–H and O–H groups in total. The van der Waals surface area contributed by atoms with E-state index >= 15 is 0 Å². The zero-order valence-electron chi connectivity index (χ0n) is 12.5. The van der Waals surface area contributed by atoms with Gasteiger partial charge in [-0.1, -0.05) is 0 Å². The molecule has 0 saturated carbocycles. The van der Waals surface area contributed by atoms with Crippen LogP contribution in [0.4, 0.5) is 0 Å². The van der Waals surface area contributed by atoms with Gasteiger partial charge in [0.15, 0.2) is 0 Å². The minimum atomic E-state index is 0.152. The van der Waals surface area contributed by atoms with Crippen LogP contribution in [0.3, 0.4) is 0 Å². The third-order valence-electron chi connectivity index (χ3n) is 4.79. The number of hydrogen-bond acceptors (Lipinski definition) is 3. The maximum Gasteiger partial charge on any atom is 0.257 e. The molecule has 1 saturated heterocycles. The van der Waals surface area contributed by atoms with Crippen molar-refractivity contribution >= 4 is 17.2 Å². The van der Waals surface area contributed by atoms with Crippen LogP contribution in [-0.4, -0.2) is 40.2 Å². The predicted octanol–water partition coefficient (Wildman–Crippen LogP) is 2.48. The molecule has 1 fully saturated rings. The highest BCUT2D eigenvalue weighted by atomic mass is 32.1. The first kappa shape index (κ1) is 14.0. The van der Waals surface area contributed by atoms with Gasteiger partial charge in [0.2, 0.25) is 0 Å². The number of aryl methyl sites for hydroxylation is 1. The van der Waals surface area contributed by atoms with Crippen molar-refractivity contribution < 1.29 is 9.90 Å². The van der Waals surface area contributed by atoms with Crippen molar-refractivity contribution in [1.29, 1.82) is 0 Å². The fraction of sp³-hybridized carbons (Fsp3) is 0.471. The van der Waals surface area contributed by atoms with Crippen molar-refractivity contribution in [3.05, 3.63) is 40.5 Å². The van der Waals surface area contributed by atoms with Gasteiger partial charge in [0.1, 0.15) is 5.00 Å². The molecule has 4 nitrogen and oxygen atoms in total. The number of carbonyl (C=O) groups excluding carboxylic acids is 1. The lowest BCUT2D eigenvalue weighted by Crippen LogP contribution is -2.30. The lowest BCUT2D eigenvalue weighted by atomic mass is 10.1. The Labute approximate surface area is 134 Å². The van der Waals surface area contributed by atoms with E-state index in [4.69, 9.17) is 0 Å². The summed E-state index contributed by atoms with van der Waals surface area (Å²) in [7, 11) is 0. The molecule has 5 heteroatoms. The number of aromatic nitrogens is 1. The number of nitrogens with zero attached hydrogens (tertiary/aromatic N) is 2. The van der Waals surface area contributed by atoms with Crippen molar-refractivity contribution in [2.24, 2.45) is 5.92 Å². The first-order valence-electron chi connectivity index (χ1n) is 7.96. The van der Waals surface area contributed by atoms with Crippen LogP contribution < -0.4 is 0 Å². The monoisotopic (exact) mass is 316 g/mol. The van der Waals surface area contributed by atoms with Crippen LogP contribution in [0.25, 0.3) is 5.00 Å². The standard InChI is InChI=1S/C17H20N2O2S/c20-11-12-6-9-19(10-12)16(21)15-13-4-3-5-14(13)22-17(15)18-7-1-2-8-18/h1-2,7-8,12,20H,3-6,9-11H2. The van der Waals surface area contributed by atoms with Gasteiger partial charge in [-0.3, -0.25) is 4.79 Å². The topological polar surface area (TPSA) is 45.5 Å². The molecule has 22 heavy (non-hydrogen) atoms. The number of aliphatic hydroxyl groups is 1. The molecule has 2 aliphatic rings. The predicted molar refractivity (Wildman–Crippen MR) is 86.8 cm³/mol. The maximum absolute atomic E-state index is 13.1. The van der Waals surface area contributed by atoms with Crippen LogP contribution in [0.1, 0.15) is 33.6 Å². The quantitative estimate of drug-likeness (QED) is 0.945. The first-order valence-corrected chi connectivity index (χ1v) is 8.77. The molecule has 116 valence electrons. The van der Waals surface area contributed by atoms with E-state index in [0.29, 0.717) is 6.54 Å². The molecule has 1 unspecified atom stereocenters. The summed E-state index contributed by atoms with van der Waals surface area (Å²) in [5, 5.41) is 10.4. The highest BCUT2D eigenvalue weighted by Crippen LogP contribution is 2.39. The smallest absolute Gasteiger partial charge is 0.257 e. The Hall–Kier alpha value is -1.59. The Morgan fingerprint density at radius 2 is 2.14 bits per heavy atom. The van der Waals surface area contributed by atoms with Crippen LogP contribution in [0.15, 0.2) is 24.5 Å². The van der Waals surface area contributed by atoms with Crippen molar-refractivity contribution in [3.8, 4) is 5.00 Å². The summed E-state index contributed by atoms with van der Waals surface area (Å²) < 4.78 is 2.07. The number of rotatable bonds is 3. The molecule has 3 heterocycles. The Morgan fingerprint density at radius 1 is 1.32 bits per heavy atom. The fourth-order valence-electron chi connectivity index (χ4n) is 3.59. The van der Waals surface area contributed by atoms with Crippen LogP contribution in [-0.2, 0) is 12.8 Å². The second-order valence-electron chi connectivity index (χ2n) is 6.22. The second-order valence-corrected chi connectivity index (χ2v) is 7.30. The van der Waals surface area contributed by atoms with Gasteiger partial charge in [-0.2, -0.15) is 0 Å². The molecule has 1 aliphatic carbocycles. The van der Waals surface area contributed by atoms with E-state index in [0.717, 1.165) is 42.8 Å². The second kappa shape index (κ2) is 5.56. The summed E-state index contributed by atoms with van der Waals surface area (Å²) in [6.45, 7) is 1.63. The zero-order valence-corrected chi connectivity index (χ0v) is 13.3. The average molecular weight is 316 g/mol. The molecule has 0 radical (unpaired) electrons. The summed E-state index contributed by atoms with van der Waals surface area (Å²) in [6, 6.07) is 3.99. The number of aliphatic hydroxyl groups excluding tert-OH is 1. The molecular formula is C17H20N2O2S. The van der Waals surface area contributed by atoms with E-state index in [1.54, 1.807) is 11.3 Å². The first-order chi connectivity index (χ1) is 10.8. The molecule has 1 aliphatic heterocycles. The van der Waals surface area contributed by atoms with Crippen molar-refractivity contribution in [3.63, 3.8) is 0 Å². The third kappa shape index (κ3) is 2.20. The lowest BCUT2D eigenvalue weighted by molar-refractivity contribution is 0.0781. The number of hydrogen-bond donors (Lipinski definition) is 1. The minimum Gasteiger partial charge on any atom is -0.396 e. The molecule has 1 amide bonds. The lowest BCUT2D eigenvalue weighted by Gasteiger charge is -2.18. The molecule has 2 aromatic rings. The molecule has 2 aromatic heterocycles. The largest absolute Gasteiger partial charge is 0.396 e. The highest BCUT2D eigenvalue weighted by Gasteiger charge is 2.33. The number of thiophene rings is 1. The molecule has 0 spiro atoms. The molecule has 1 atom stereocenters. The van der Waals surface area contributed by atoms with E-state index in [9.17, 15) is 9.90 Å². The van der Waals surface area contributed by atoms with E-state index < -0.39 is 0 Å².